The normalized spacial score (nSPS) is 16.3. The molecule has 0 aromatic heterocycles. The minimum Gasteiger partial charge on any atom is -0.375 e. The van der Waals surface area contributed by atoms with Gasteiger partial charge in [0.1, 0.15) is 0 Å². The second kappa shape index (κ2) is 14.8. The molecule has 0 unspecified atom stereocenters. The van der Waals surface area contributed by atoms with Crippen LogP contribution in [0.4, 0.5) is 0 Å². The molecule has 1 aliphatic heterocycles. The number of rotatable bonds is 11. The van der Waals surface area contributed by atoms with Crippen LogP contribution in [0, 0.1) is 0 Å². The quantitative estimate of drug-likeness (QED) is 0.395. The van der Waals surface area contributed by atoms with Gasteiger partial charge in [0.25, 0.3) is 10.1 Å². The van der Waals surface area contributed by atoms with Crippen LogP contribution in [0.3, 0.4) is 0 Å². The summed E-state index contributed by atoms with van der Waals surface area (Å²) in [6.45, 7) is 7.15. The predicted octanol–water partition coefficient (Wildman–Crippen LogP) is 5.41. The predicted molar refractivity (Wildman–Crippen MR) is 104 cm³/mol. The van der Waals surface area contributed by atoms with Gasteiger partial charge in [0.15, 0.2) is 0 Å². The van der Waals surface area contributed by atoms with Gasteiger partial charge in [0.05, 0.1) is 6.26 Å². The Bertz CT molecular complexity index is 410. The zero-order valence-corrected chi connectivity index (χ0v) is 16.9. The molecule has 0 amide bonds. The van der Waals surface area contributed by atoms with Crippen LogP contribution in [-0.4, -0.2) is 37.2 Å². The Morgan fingerprint density at radius 3 is 2.08 bits per heavy atom. The highest BCUT2D eigenvalue weighted by atomic mass is 32.2. The highest BCUT2D eigenvalue weighted by Gasteiger charge is 2.14. The summed E-state index contributed by atoms with van der Waals surface area (Å²) in [5.41, 5.74) is 1.64. The number of nitrogens with zero attached hydrogens (tertiary/aromatic N) is 1. The zero-order chi connectivity index (χ0) is 18.3. The first-order chi connectivity index (χ1) is 11.4. The summed E-state index contributed by atoms with van der Waals surface area (Å²) in [6, 6.07) is 0. The van der Waals surface area contributed by atoms with Gasteiger partial charge in [-0.05, 0) is 32.1 Å². The van der Waals surface area contributed by atoms with Gasteiger partial charge in [-0.25, -0.2) is 0 Å². The van der Waals surface area contributed by atoms with Crippen molar-refractivity contribution in [1.29, 1.82) is 0 Å². The third kappa shape index (κ3) is 16.3. The van der Waals surface area contributed by atoms with Crippen molar-refractivity contribution < 1.29 is 13.0 Å². The number of likely N-dealkylation sites (tertiary alicyclic amines) is 1. The minimum atomic E-state index is -3.67. The molecule has 0 radical (unpaired) electrons. The third-order valence-electron chi connectivity index (χ3n) is 4.20. The summed E-state index contributed by atoms with van der Waals surface area (Å²) < 4.78 is 25.9. The summed E-state index contributed by atoms with van der Waals surface area (Å²) in [6.07, 6.45) is 20.0. The Labute approximate surface area is 150 Å². The largest absolute Gasteiger partial charge is 0.375 e. The van der Waals surface area contributed by atoms with Crippen LogP contribution in [0.1, 0.15) is 90.9 Å². The molecule has 1 heterocycles. The summed E-state index contributed by atoms with van der Waals surface area (Å²) >= 11 is 0. The lowest BCUT2D eigenvalue weighted by atomic mass is 10.1. The van der Waals surface area contributed by atoms with Gasteiger partial charge in [0.2, 0.25) is 0 Å². The van der Waals surface area contributed by atoms with Crippen molar-refractivity contribution in [2.45, 2.75) is 90.9 Å². The van der Waals surface area contributed by atoms with Crippen LogP contribution in [0.2, 0.25) is 0 Å². The average molecular weight is 362 g/mol. The Balaban J connectivity index is 0.000000922. The fourth-order valence-corrected chi connectivity index (χ4v) is 3.06. The molecule has 1 fully saturated rings. The molecular formula is C19H39NO3S. The lowest BCUT2D eigenvalue weighted by Gasteiger charge is -2.18. The summed E-state index contributed by atoms with van der Waals surface area (Å²) in [4.78, 5) is 2.60. The van der Waals surface area contributed by atoms with Gasteiger partial charge in [-0.15, -0.1) is 0 Å². The van der Waals surface area contributed by atoms with E-state index >= 15 is 0 Å². The van der Waals surface area contributed by atoms with Crippen LogP contribution in [0.15, 0.2) is 11.8 Å². The molecule has 0 atom stereocenters. The fraction of sp³-hybridized carbons (Fsp3) is 0.895. The molecule has 1 N–H and O–H groups in total. The van der Waals surface area contributed by atoms with Crippen molar-refractivity contribution in [2.75, 3.05) is 19.3 Å². The van der Waals surface area contributed by atoms with Crippen LogP contribution in [-0.2, 0) is 10.1 Å². The lowest BCUT2D eigenvalue weighted by molar-refractivity contribution is 0.390. The maximum Gasteiger partial charge on any atom is 0.261 e. The second-order valence-corrected chi connectivity index (χ2v) is 8.25. The van der Waals surface area contributed by atoms with E-state index in [9.17, 15) is 8.42 Å². The first kappa shape index (κ1) is 23.4. The van der Waals surface area contributed by atoms with E-state index in [-0.39, 0.29) is 0 Å². The van der Waals surface area contributed by atoms with Gasteiger partial charge in [-0.3, -0.25) is 4.55 Å². The van der Waals surface area contributed by atoms with Crippen molar-refractivity contribution >= 4 is 10.1 Å². The van der Waals surface area contributed by atoms with Crippen molar-refractivity contribution in [2.24, 2.45) is 0 Å². The number of allylic oxidation sites excluding steroid dienone is 2. The monoisotopic (exact) mass is 361 g/mol. The molecule has 144 valence electrons. The van der Waals surface area contributed by atoms with Crippen molar-refractivity contribution in [3.8, 4) is 0 Å². The van der Waals surface area contributed by atoms with E-state index in [1.807, 2.05) is 0 Å². The maximum absolute atomic E-state index is 9.19. The molecule has 0 saturated carbocycles. The van der Waals surface area contributed by atoms with E-state index < -0.39 is 10.1 Å². The van der Waals surface area contributed by atoms with Gasteiger partial charge < -0.3 is 4.90 Å². The molecule has 1 rings (SSSR count). The molecule has 24 heavy (non-hydrogen) atoms. The van der Waals surface area contributed by atoms with E-state index in [0.29, 0.717) is 6.26 Å². The van der Waals surface area contributed by atoms with Gasteiger partial charge in [-0.2, -0.15) is 8.42 Å². The summed E-state index contributed by atoms with van der Waals surface area (Å²) in [5.74, 6) is 0. The van der Waals surface area contributed by atoms with Crippen molar-refractivity contribution in [3.05, 3.63) is 11.8 Å². The van der Waals surface area contributed by atoms with Crippen LogP contribution >= 0.6 is 0 Å². The van der Waals surface area contributed by atoms with Gasteiger partial charge in [-0.1, -0.05) is 64.9 Å². The smallest absolute Gasteiger partial charge is 0.261 e. The number of unbranched alkanes of at least 4 members (excludes halogenated alkanes) is 8. The first-order valence-corrected chi connectivity index (χ1v) is 11.6. The molecule has 0 aromatic rings. The molecule has 0 bridgehead atoms. The SMILES string of the molecule is CCCCCCCCCCC=C1CCCN1CCC.CS(=O)(=O)O. The van der Waals surface area contributed by atoms with Gasteiger partial charge >= 0.3 is 0 Å². The Morgan fingerprint density at radius 2 is 1.54 bits per heavy atom. The highest BCUT2D eigenvalue weighted by Crippen LogP contribution is 2.22. The van der Waals surface area contributed by atoms with Crippen LogP contribution < -0.4 is 0 Å². The Hall–Kier alpha value is -0.550. The zero-order valence-electron chi connectivity index (χ0n) is 16.1. The number of hydrogen-bond donors (Lipinski definition) is 1. The molecule has 4 nitrogen and oxygen atoms in total. The van der Waals surface area contributed by atoms with Crippen molar-refractivity contribution in [3.63, 3.8) is 0 Å². The number of hydrogen-bond acceptors (Lipinski definition) is 3. The van der Waals surface area contributed by atoms with Crippen LogP contribution in [0.25, 0.3) is 0 Å². The summed E-state index contributed by atoms with van der Waals surface area (Å²) in [7, 11) is -3.67. The molecule has 5 heteroatoms. The summed E-state index contributed by atoms with van der Waals surface area (Å²) in [5, 5.41) is 0. The molecule has 0 spiro atoms. The second-order valence-electron chi connectivity index (χ2n) is 6.78. The molecular weight excluding hydrogens is 322 g/mol. The highest BCUT2D eigenvalue weighted by molar-refractivity contribution is 7.85. The van der Waals surface area contributed by atoms with Crippen LogP contribution in [0.5, 0.6) is 0 Å². The molecule has 1 saturated heterocycles. The minimum absolute atomic E-state index is 0.715. The standard InChI is InChI=1S/C18H35N.CH4O3S/c1-3-5-6-7-8-9-10-11-12-14-18-15-13-17-19(18)16-4-2;1-5(2,3)4/h14H,3-13,15-17H2,1-2H3;1H3,(H,2,3,4). The van der Waals surface area contributed by atoms with E-state index in [4.69, 9.17) is 4.55 Å². The average Bonchev–Trinajstić information content (AvgIpc) is 2.92. The molecule has 0 aliphatic carbocycles. The van der Waals surface area contributed by atoms with E-state index in [2.05, 4.69) is 24.8 Å². The van der Waals surface area contributed by atoms with E-state index in [1.165, 1.54) is 90.1 Å². The Kier molecular flexibility index (Phi) is 14.4. The fourth-order valence-electron chi connectivity index (χ4n) is 3.06. The van der Waals surface area contributed by atoms with E-state index in [0.717, 1.165) is 0 Å². The molecule has 1 aliphatic rings. The third-order valence-corrected chi connectivity index (χ3v) is 4.20. The van der Waals surface area contributed by atoms with E-state index in [1.54, 1.807) is 5.70 Å². The lowest BCUT2D eigenvalue weighted by Crippen LogP contribution is -2.18. The first-order valence-electron chi connectivity index (χ1n) is 9.74. The topological polar surface area (TPSA) is 57.6 Å². The van der Waals surface area contributed by atoms with Crippen molar-refractivity contribution in [1.82, 2.24) is 4.90 Å². The molecule has 0 aromatic carbocycles. The maximum atomic E-state index is 9.19. The Morgan fingerprint density at radius 1 is 1.00 bits per heavy atom. The van der Waals surface area contributed by atoms with Gasteiger partial charge in [0, 0.05) is 18.8 Å².